The number of methoxy groups -OCH3 is 2. The summed E-state index contributed by atoms with van der Waals surface area (Å²) in [5.41, 5.74) is 0.247. The summed E-state index contributed by atoms with van der Waals surface area (Å²) in [5, 5.41) is 5.15. The summed E-state index contributed by atoms with van der Waals surface area (Å²) < 4.78 is 37.9. The maximum atomic E-state index is 13.2. The van der Waals surface area contributed by atoms with Gasteiger partial charge in [0.05, 0.1) is 38.0 Å². The number of nitrogens with zero attached hydrogens (tertiary/aromatic N) is 2. The first-order valence-electron chi connectivity index (χ1n) is 9.95. The summed E-state index contributed by atoms with van der Waals surface area (Å²) in [5.74, 6) is -2.24. The number of hydrogen-bond donors (Lipinski definition) is 2. The summed E-state index contributed by atoms with van der Waals surface area (Å²) in [6.07, 6.45) is 1.79. The van der Waals surface area contributed by atoms with Crippen molar-refractivity contribution in [2.75, 3.05) is 26.1 Å². The third-order valence-corrected chi connectivity index (χ3v) is 4.78. The molecule has 3 aromatic rings. The van der Waals surface area contributed by atoms with Crippen molar-refractivity contribution < 1.29 is 27.8 Å². The van der Waals surface area contributed by atoms with Crippen LogP contribution in [-0.4, -0.2) is 42.1 Å². The van der Waals surface area contributed by atoms with Gasteiger partial charge in [-0.2, -0.15) is 0 Å². The van der Waals surface area contributed by atoms with Crippen LogP contribution in [0.5, 0.6) is 11.5 Å². The van der Waals surface area contributed by atoms with Crippen LogP contribution in [0, 0.1) is 11.6 Å². The molecule has 3 rings (SSSR count). The molecule has 174 valence electrons. The zero-order valence-corrected chi connectivity index (χ0v) is 18.0. The number of aryl methyl sites for hydroxylation is 1. The van der Waals surface area contributed by atoms with E-state index in [4.69, 9.17) is 9.47 Å². The smallest absolute Gasteiger partial charge is 0.261 e. The van der Waals surface area contributed by atoms with Crippen molar-refractivity contribution in [3.05, 3.63) is 58.6 Å². The second kappa shape index (κ2) is 10.5. The van der Waals surface area contributed by atoms with Crippen LogP contribution in [0.2, 0.25) is 0 Å². The van der Waals surface area contributed by atoms with Gasteiger partial charge in [0.15, 0.2) is 23.1 Å². The molecule has 2 amide bonds. The molecule has 0 saturated heterocycles. The van der Waals surface area contributed by atoms with Gasteiger partial charge in [-0.05, 0) is 24.6 Å². The number of rotatable bonds is 9. The number of nitrogens with one attached hydrogen (secondary N) is 2. The van der Waals surface area contributed by atoms with Crippen molar-refractivity contribution in [2.24, 2.45) is 0 Å². The number of fused-ring (bicyclic) bond motifs is 1. The fourth-order valence-electron chi connectivity index (χ4n) is 3.10. The number of hydrogen-bond acceptors (Lipinski definition) is 6. The summed E-state index contributed by atoms with van der Waals surface area (Å²) in [6, 6.07) is 6.10. The molecule has 33 heavy (non-hydrogen) atoms. The number of aromatic nitrogens is 2. The maximum absolute atomic E-state index is 13.2. The fourth-order valence-corrected chi connectivity index (χ4v) is 3.10. The van der Waals surface area contributed by atoms with Crippen molar-refractivity contribution in [2.45, 2.75) is 19.4 Å². The molecule has 0 aliphatic carbocycles. The normalized spacial score (nSPS) is 10.7. The standard InChI is InChI=1S/C22H22F2N4O5/c1-32-18-9-14-17(10-19(18)33-2)26-12-28(22(14)31)7-3-4-20(29)25-11-21(30)27-13-5-6-15(23)16(24)8-13/h5-6,8-10,12H,3-4,7,11H2,1-2H3,(H,25,29)(H,27,30). The molecule has 0 aliphatic rings. The summed E-state index contributed by atoms with van der Waals surface area (Å²) in [7, 11) is 2.96. The molecule has 0 atom stereocenters. The average Bonchev–Trinajstić information content (AvgIpc) is 2.81. The van der Waals surface area contributed by atoms with Gasteiger partial charge in [-0.15, -0.1) is 0 Å². The Morgan fingerprint density at radius 1 is 1.03 bits per heavy atom. The van der Waals surface area contributed by atoms with Gasteiger partial charge in [-0.3, -0.25) is 19.0 Å². The van der Waals surface area contributed by atoms with Gasteiger partial charge in [-0.1, -0.05) is 0 Å². The van der Waals surface area contributed by atoms with Crippen molar-refractivity contribution in [1.82, 2.24) is 14.9 Å². The van der Waals surface area contributed by atoms with E-state index >= 15 is 0 Å². The lowest BCUT2D eigenvalue weighted by molar-refractivity contribution is -0.124. The third kappa shape index (κ3) is 5.82. The van der Waals surface area contributed by atoms with E-state index in [-0.39, 0.29) is 30.8 Å². The number of halogens is 2. The minimum absolute atomic E-state index is 0.0644. The summed E-state index contributed by atoms with van der Waals surface area (Å²) >= 11 is 0. The second-order valence-electron chi connectivity index (χ2n) is 7.02. The predicted molar refractivity (Wildman–Crippen MR) is 116 cm³/mol. The number of anilines is 1. The number of benzene rings is 2. The first-order chi connectivity index (χ1) is 15.8. The quantitative estimate of drug-likeness (QED) is 0.507. The minimum atomic E-state index is -1.09. The summed E-state index contributed by atoms with van der Waals surface area (Å²) in [6.45, 7) is -0.0957. The van der Waals surface area contributed by atoms with Gasteiger partial charge in [0.2, 0.25) is 11.8 Å². The highest BCUT2D eigenvalue weighted by molar-refractivity contribution is 5.94. The van der Waals surface area contributed by atoms with Gasteiger partial charge in [-0.25, -0.2) is 13.8 Å². The highest BCUT2D eigenvalue weighted by atomic mass is 19.2. The van der Waals surface area contributed by atoms with E-state index in [0.29, 0.717) is 28.8 Å². The Labute approximate surface area is 187 Å². The molecule has 0 radical (unpaired) electrons. The topological polar surface area (TPSA) is 112 Å². The Kier molecular flexibility index (Phi) is 7.54. The minimum Gasteiger partial charge on any atom is -0.493 e. The second-order valence-corrected chi connectivity index (χ2v) is 7.02. The van der Waals surface area contributed by atoms with Crippen LogP contribution in [0.25, 0.3) is 10.9 Å². The molecule has 0 unspecified atom stereocenters. The Balaban J connectivity index is 1.51. The van der Waals surface area contributed by atoms with E-state index in [9.17, 15) is 23.2 Å². The van der Waals surface area contributed by atoms with E-state index < -0.39 is 23.4 Å². The lowest BCUT2D eigenvalue weighted by Crippen LogP contribution is -2.33. The van der Waals surface area contributed by atoms with E-state index in [1.54, 1.807) is 12.1 Å². The van der Waals surface area contributed by atoms with Gasteiger partial charge in [0.1, 0.15) is 0 Å². The van der Waals surface area contributed by atoms with E-state index in [1.165, 1.54) is 31.2 Å². The molecule has 1 heterocycles. The lowest BCUT2D eigenvalue weighted by Gasteiger charge is -2.11. The van der Waals surface area contributed by atoms with Gasteiger partial charge < -0.3 is 20.1 Å². The Bertz CT molecular complexity index is 1250. The fraction of sp³-hybridized carbons (Fsp3) is 0.273. The molecule has 11 heteroatoms. The molecule has 0 spiro atoms. The van der Waals surface area contributed by atoms with Crippen LogP contribution in [0.4, 0.5) is 14.5 Å². The molecule has 0 bridgehead atoms. The predicted octanol–water partition coefficient (Wildman–Crippen LogP) is 2.23. The van der Waals surface area contributed by atoms with Crippen LogP contribution in [0.3, 0.4) is 0 Å². The SMILES string of the molecule is COc1cc2ncn(CCCC(=O)NCC(=O)Nc3ccc(F)c(F)c3)c(=O)c2cc1OC. The first kappa shape index (κ1) is 23.6. The Morgan fingerprint density at radius 2 is 1.76 bits per heavy atom. The van der Waals surface area contributed by atoms with Crippen LogP contribution in [0.1, 0.15) is 12.8 Å². The van der Waals surface area contributed by atoms with Gasteiger partial charge >= 0.3 is 0 Å². The highest BCUT2D eigenvalue weighted by Crippen LogP contribution is 2.29. The number of carbonyl (C=O) groups is 2. The Morgan fingerprint density at radius 3 is 2.45 bits per heavy atom. The molecule has 0 fully saturated rings. The molecule has 1 aromatic heterocycles. The molecule has 0 saturated carbocycles. The average molecular weight is 460 g/mol. The van der Waals surface area contributed by atoms with Crippen LogP contribution in [0.15, 0.2) is 41.5 Å². The van der Waals surface area contributed by atoms with Crippen molar-refractivity contribution >= 4 is 28.4 Å². The van der Waals surface area contributed by atoms with Crippen molar-refractivity contribution in [3.8, 4) is 11.5 Å². The number of ether oxygens (including phenoxy) is 2. The highest BCUT2D eigenvalue weighted by Gasteiger charge is 2.12. The monoisotopic (exact) mass is 460 g/mol. The number of amides is 2. The van der Waals surface area contributed by atoms with Gasteiger partial charge in [0.25, 0.3) is 5.56 Å². The van der Waals surface area contributed by atoms with Crippen LogP contribution >= 0.6 is 0 Å². The van der Waals surface area contributed by atoms with E-state index in [0.717, 1.165) is 12.1 Å². The zero-order chi connectivity index (χ0) is 24.0. The molecule has 2 N–H and O–H groups in total. The van der Waals surface area contributed by atoms with Crippen LogP contribution < -0.4 is 25.7 Å². The third-order valence-electron chi connectivity index (χ3n) is 4.78. The summed E-state index contributed by atoms with van der Waals surface area (Å²) in [4.78, 5) is 40.9. The van der Waals surface area contributed by atoms with Crippen LogP contribution in [-0.2, 0) is 16.1 Å². The molecular weight excluding hydrogens is 438 g/mol. The largest absolute Gasteiger partial charge is 0.493 e. The molecule has 0 aliphatic heterocycles. The Hall–Kier alpha value is -4.02. The molecule has 2 aromatic carbocycles. The van der Waals surface area contributed by atoms with Crippen molar-refractivity contribution in [1.29, 1.82) is 0 Å². The van der Waals surface area contributed by atoms with Crippen molar-refractivity contribution in [3.63, 3.8) is 0 Å². The zero-order valence-electron chi connectivity index (χ0n) is 18.0. The van der Waals surface area contributed by atoms with E-state index in [2.05, 4.69) is 15.6 Å². The van der Waals surface area contributed by atoms with E-state index in [1.807, 2.05) is 0 Å². The van der Waals surface area contributed by atoms with Gasteiger partial charge in [0, 0.05) is 30.8 Å². The molecule has 9 nitrogen and oxygen atoms in total. The molecular formula is C22H22F2N4O5. The lowest BCUT2D eigenvalue weighted by atomic mass is 10.2. The first-order valence-corrected chi connectivity index (χ1v) is 9.95. The number of carbonyl (C=O) groups excluding carboxylic acids is 2. The maximum Gasteiger partial charge on any atom is 0.261 e.